The molecule has 24 heavy (non-hydrogen) atoms. The summed E-state index contributed by atoms with van der Waals surface area (Å²) in [5, 5.41) is 8.59. The van der Waals surface area contributed by atoms with Gasteiger partial charge >= 0.3 is 0 Å². The third-order valence-electron chi connectivity index (χ3n) is 4.51. The van der Waals surface area contributed by atoms with E-state index in [9.17, 15) is 0 Å². The van der Waals surface area contributed by atoms with Gasteiger partial charge in [-0.3, -0.25) is 0 Å². The van der Waals surface area contributed by atoms with Gasteiger partial charge in [0, 0.05) is 23.0 Å². The summed E-state index contributed by atoms with van der Waals surface area (Å²) in [6.07, 6.45) is 4.39. The number of fused-ring (bicyclic) bond motifs is 1. The van der Waals surface area contributed by atoms with Crippen LogP contribution in [-0.4, -0.2) is 16.3 Å². The summed E-state index contributed by atoms with van der Waals surface area (Å²) >= 11 is 3.67. The fourth-order valence-electron chi connectivity index (χ4n) is 3.30. The Hall–Kier alpha value is -2.07. The fraction of sp³-hybridized carbons (Fsp3) is 0.250. The zero-order valence-corrected chi connectivity index (χ0v) is 15.1. The first kappa shape index (κ1) is 15.5. The molecule has 1 aliphatic rings. The van der Waals surface area contributed by atoms with Gasteiger partial charge in [0.1, 0.15) is 5.82 Å². The summed E-state index contributed by atoms with van der Waals surface area (Å²) < 4.78 is 3.14. The van der Waals surface area contributed by atoms with Crippen LogP contribution in [0.1, 0.15) is 29.7 Å². The number of benzene rings is 2. The Kier molecular flexibility index (Phi) is 4.39. The molecule has 2 aromatic carbocycles. The van der Waals surface area contributed by atoms with Crippen molar-refractivity contribution in [3.05, 3.63) is 75.9 Å². The number of hydrogen-bond donors (Lipinski definition) is 1. The van der Waals surface area contributed by atoms with Crippen molar-refractivity contribution in [2.75, 3.05) is 11.9 Å². The van der Waals surface area contributed by atoms with Crippen LogP contribution in [0.4, 0.5) is 5.82 Å². The second-order valence-electron chi connectivity index (χ2n) is 6.18. The maximum absolute atomic E-state index is 4.98. The number of nitrogens with zero attached hydrogens (tertiary/aromatic N) is 2. The second-order valence-corrected chi connectivity index (χ2v) is 7.04. The van der Waals surface area contributed by atoms with Crippen molar-refractivity contribution < 1.29 is 0 Å². The van der Waals surface area contributed by atoms with Crippen LogP contribution in [0.15, 0.2) is 59.1 Å². The van der Waals surface area contributed by atoms with E-state index in [0.717, 1.165) is 35.4 Å². The highest BCUT2D eigenvalue weighted by Crippen LogP contribution is 2.31. The fourth-order valence-corrected chi connectivity index (χ4v) is 3.76. The Labute approximate surface area is 150 Å². The molecule has 0 fully saturated rings. The van der Waals surface area contributed by atoms with Crippen molar-refractivity contribution in [2.24, 2.45) is 0 Å². The molecule has 0 unspecified atom stereocenters. The summed E-state index contributed by atoms with van der Waals surface area (Å²) in [6.45, 7) is 1.01. The molecule has 0 aliphatic carbocycles. The highest BCUT2D eigenvalue weighted by Gasteiger charge is 2.21. The molecule has 4 heteroatoms. The van der Waals surface area contributed by atoms with E-state index in [4.69, 9.17) is 5.10 Å². The van der Waals surface area contributed by atoms with Gasteiger partial charge in [-0.25, -0.2) is 4.68 Å². The number of para-hydroxylation sites is 1. The maximum atomic E-state index is 4.98. The Bertz CT molecular complexity index is 839. The van der Waals surface area contributed by atoms with E-state index in [-0.39, 0.29) is 0 Å². The minimum atomic E-state index is 0.877. The lowest BCUT2D eigenvalue weighted by atomic mass is 10.0. The van der Waals surface area contributed by atoms with Crippen molar-refractivity contribution in [3.8, 4) is 5.69 Å². The quantitative estimate of drug-likeness (QED) is 0.693. The average molecular weight is 382 g/mol. The van der Waals surface area contributed by atoms with E-state index < -0.39 is 0 Å². The molecule has 0 atom stereocenters. The first-order valence-corrected chi connectivity index (χ1v) is 9.26. The standard InChI is InChI=1S/C20H20BrN3/c21-17-11-4-5-12-19(17)24-20-16(10-6-7-13-22-20)18(23-24)14-15-8-2-1-3-9-15/h1-5,8-9,11-12,22H,6-7,10,13-14H2. The molecule has 1 aliphatic heterocycles. The molecular weight excluding hydrogens is 362 g/mol. The molecule has 0 saturated carbocycles. The molecule has 0 bridgehead atoms. The molecule has 0 saturated heterocycles. The van der Waals surface area contributed by atoms with E-state index in [1.54, 1.807) is 0 Å². The summed E-state index contributed by atoms with van der Waals surface area (Å²) in [5.41, 5.74) is 4.94. The molecular formula is C20H20BrN3. The zero-order chi connectivity index (χ0) is 16.4. The average Bonchev–Trinajstić information content (AvgIpc) is 2.79. The topological polar surface area (TPSA) is 29.9 Å². The predicted octanol–water partition coefficient (Wildman–Crippen LogP) is 4.97. The van der Waals surface area contributed by atoms with Gasteiger partial charge in [0.25, 0.3) is 0 Å². The number of rotatable bonds is 3. The van der Waals surface area contributed by atoms with E-state index in [0.29, 0.717) is 0 Å². The molecule has 1 aromatic heterocycles. The molecule has 0 amide bonds. The predicted molar refractivity (Wildman–Crippen MR) is 102 cm³/mol. The van der Waals surface area contributed by atoms with Crippen LogP contribution in [0, 0.1) is 0 Å². The van der Waals surface area contributed by atoms with E-state index in [2.05, 4.69) is 74.5 Å². The first-order chi connectivity index (χ1) is 11.8. The van der Waals surface area contributed by atoms with Gasteiger partial charge < -0.3 is 5.32 Å². The lowest BCUT2D eigenvalue weighted by Crippen LogP contribution is -2.07. The van der Waals surface area contributed by atoms with E-state index in [1.807, 2.05) is 6.07 Å². The van der Waals surface area contributed by atoms with Crippen LogP contribution in [0.2, 0.25) is 0 Å². The van der Waals surface area contributed by atoms with Crippen molar-refractivity contribution in [1.29, 1.82) is 0 Å². The molecule has 3 nitrogen and oxygen atoms in total. The first-order valence-electron chi connectivity index (χ1n) is 8.46. The van der Waals surface area contributed by atoms with Crippen molar-refractivity contribution in [3.63, 3.8) is 0 Å². The SMILES string of the molecule is Brc1ccccc1-n1nc(Cc2ccccc2)c2c1NCCCC2. The molecule has 3 aromatic rings. The molecule has 2 heterocycles. The van der Waals surface area contributed by atoms with E-state index in [1.165, 1.54) is 29.7 Å². The van der Waals surface area contributed by atoms with Gasteiger partial charge in [-0.15, -0.1) is 0 Å². The Morgan fingerprint density at radius 1 is 1.00 bits per heavy atom. The molecule has 122 valence electrons. The van der Waals surface area contributed by atoms with Crippen molar-refractivity contribution in [2.45, 2.75) is 25.7 Å². The monoisotopic (exact) mass is 381 g/mol. The smallest absolute Gasteiger partial charge is 0.133 e. The summed E-state index contributed by atoms with van der Waals surface area (Å²) in [5.74, 6) is 1.16. The van der Waals surface area contributed by atoms with Crippen molar-refractivity contribution >= 4 is 21.7 Å². The van der Waals surface area contributed by atoms with Crippen LogP contribution < -0.4 is 5.32 Å². The lowest BCUT2D eigenvalue weighted by molar-refractivity contribution is 0.767. The van der Waals surface area contributed by atoms with Crippen molar-refractivity contribution in [1.82, 2.24) is 9.78 Å². The van der Waals surface area contributed by atoms with Gasteiger partial charge in [0.15, 0.2) is 0 Å². The van der Waals surface area contributed by atoms with Gasteiger partial charge in [0.2, 0.25) is 0 Å². The third-order valence-corrected chi connectivity index (χ3v) is 5.18. The zero-order valence-electron chi connectivity index (χ0n) is 13.5. The second kappa shape index (κ2) is 6.81. The van der Waals surface area contributed by atoms with Gasteiger partial charge in [-0.05, 0) is 52.9 Å². The Balaban J connectivity index is 1.81. The lowest BCUT2D eigenvalue weighted by Gasteiger charge is -2.10. The Morgan fingerprint density at radius 2 is 1.79 bits per heavy atom. The van der Waals surface area contributed by atoms with Crippen LogP contribution in [0.3, 0.4) is 0 Å². The van der Waals surface area contributed by atoms with E-state index >= 15 is 0 Å². The van der Waals surface area contributed by atoms with Crippen LogP contribution in [0.5, 0.6) is 0 Å². The number of anilines is 1. The maximum Gasteiger partial charge on any atom is 0.133 e. The number of hydrogen-bond acceptors (Lipinski definition) is 2. The number of aromatic nitrogens is 2. The molecule has 0 radical (unpaired) electrons. The molecule has 0 spiro atoms. The van der Waals surface area contributed by atoms with Crippen LogP contribution in [-0.2, 0) is 12.8 Å². The summed E-state index contributed by atoms with van der Waals surface area (Å²) in [6, 6.07) is 18.9. The summed E-state index contributed by atoms with van der Waals surface area (Å²) in [7, 11) is 0. The Morgan fingerprint density at radius 3 is 2.62 bits per heavy atom. The van der Waals surface area contributed by atoms with Gasteiger partial charge in [-0.2, -0.15) is 5.10 Å². The van der Waals surface area contributed by atoms with Crippen LogP contribution in [0.25, 0.3) is 5.69 Å². The number of nitrogens with one attached hydrogen (secondary N) is 1. The number of halogens is 1. The van der Waals surface area contributed by atoms with Gasteiger partial charge in [0.05, 0.1) is 11.4 Å². The minimum absolute atomic E-state index is 0.877. The largest absolute Gasteiger partial charge is 0.370 e. The molecule has 4 rings (SSSR count). The molecule has 1 N–H and O–H groups in total. The third kappa shape index (κ3) is 2.98. The highest BCUT2D eigenvalue weighted by molar-refractivity contribution is 9.10. The minimum Gasteiger partial charge on any atom is -0.370 e. The van der Waals surface area contributed by atoms with Crippen LogP contribution >= 0.6 is 15.9 Å². The van der Waals surface area contributed by atoms with Gasteiger partial charge in [-0.1, -0.05) is 42.5 Å². The normalized spacial score (nSPS) is 13.9. The summed E-state index contributed by atoms with van der Waals surface area (Å²) in [4.78, 5) is 0. The highest BCUT2D eigenvalue weighted by atomic mass is 79.9.